The maximum Gasteiger partial charge on any atom is 0.157 e. The van der Waals surface area contributed by atoms with Crippen molar-refractivity contribution in [2.24, 2.45) is 0 Å². The Hall–Kier alpha value is -2.18. The van der Waals surface area contributed by atoms with Gasteiger partial charge in [-0.1, -0.05) is 18.2 Å². The summed E-state index contributed by atoms with van der Waals surface area (Å²) in [5.74, 6) is 2.11. The number of aryl methyl sites for hydroxylation is 1. The molecule has 0 amide bonds. The zero-order valence-electron chi connectivity index (χ0n) is 16.2. The number of hydrogen-bond donors (Lipinski definition) is 0. The topological polar surface area (TPSA) is 40.4 Å². The Morgan fingerprint density at radius 1 is 1.04 bits per heavy atom. The van der Waals surface area contributed by atoms with Gasteiger partial charge in [0.2, 0.25) is 0 Å². The summed E-state index contributed by atoms with van der Waals surface area (Å²) in [5.41, 5.74) is 3.33. The van der Waals surface area contributed by atoms with Crippen LogP contribution in [-0.4, -0.2) is 78.2 Å². The Morgan fingerprint density at radius 2 is 1.77 bits per heavy atom. The number of hydrogen-bond acceptors (Lipinski definition) is 5. The molecule has 1 aliphatic heterocycles. The molecular weight excluding hydrogens is 324 g/mol. The van der Waals surface area contributed by atoms with Crippen LogP contribution in [0.1, 0.15) is 5.82 Å². The summed E-state index contributed by atoms with van der Waals surface area (Å²) in [6.45, 7) is 8.17. The van der Waals surface area contributed by atoms with Crippen LogP contribution in [0.3, 0.4) is 0 Å². The lowest BCUT2D eigenvalue weighted by Crippen LogP contribution is -2.44. The van der Waals surface area contributed by atoms with Crippen LogP contribution in [-0.2, 0) is 6.54 Å². The van der Waals surface area contributed by atoms with Crippen LogP contribution in [0.5, 0.6) is 0 Å². The fourth-order valence-electron chi connectivity index (χ4n) is 3.74. The van der Waals surface area contributed by atoms with Crippen LogP contribution in [0.4, 0.5) is 5.82 Å². The molecule has 0 atom stereocenters. The maximum atomic E-state index is 5.02. The highest BCUT2D eigenvalue weighted by Gasteiger charge is 2.22. The second-order valence-electron chi connectivity index (χ2n) is 7.55. The lowest BCUT2D eigenvalue weighted by molar-refractivity contribution is 0.312. The van der Waals surface area contributed by atoms with Gasteiger partial charge in [-0.25, -0.2) is 9.97 Å². The molecule has 0 saturated carbocycles. The number of nitrogens with zero attached hydrogens (tertiary/aromatic N) is 6. The number of para-hydroxylation sites is 1. The summed E-state index contributed by atoms with van der Waals surface area (Å²) < 4.78 is 2.36. The molecule has 0 N–H and O–H groups in total. The molecule has 1 aliphatic rings. The fourth-order valence-corrected chi connectivity index (χ4v) is 3.74. The first kappa shape index (κ1) is 17.2. The third-order valence-electron chi connectivity index (χ3n) is 5.33. The molecule has 138 valence electrons. The predicted molar refractivity (Wildman–Crippen MR) is 108 cm³/mol. The third-order valence-corrected chi connectivity index (χ3v) is 5.33. The zero-order valence-corrected chi connectivity index (χ0v) is 16.2. The zero-order chi connectivity index (χ0) is 18.3. The van der Waals surface area contributed by atoms with Crippen LogP contribution >= 0.6 is 0 Å². The van der Waals surface area contributed by atoms with Crippen LogP contribution in [0.25, 0.3) is 21.9 Å². The fraction of sp³-hybridized carbons (Fsp3) is 0.500. The van der Waals surface area contributed by atoms with Crippen molar-refractivity contribution in [3.05, 3.63) is 30.1 Å². The van der Waals surface area contributed by atoms with Crippen molar-refractivity contribution >= 4 is 27.8 Å². The quantitative estimate of drug-likeness (QED) is 0.720. The minimum atomic E-state index is 0.936. The van der Waals surface area contributed by atoms with Crippen molar-refractivity contribution in [3.8, 4) is 0 Å². The number of imidazole rings is 1. The molecule has 1 aromatic carbocycles. The molecule has 0 spiro atoms. The minimum Gasteiger partial charge on any atom is -0.352 e. The Balaban J connectivity index is 1.90. The standard InChI is InChI=1S/C20H28N6/c1-15-21-18-19(26(15)14-9-23(2)3)16-7-5-6-8-17(16)22-20(18)25-12-10-24(4)11-13-25/h5-8H,9-14H2,1-4H3. The molecule has 6 nitrogen and oxygen atoms in total. The second kappa shape index (κ2) is 6.85. The van der Waals surface area contributed by atoms with Gasteiger partial charge in [-0.05, 0) is 34.1 Å². The molecule has 26 heavy (non-hydrogen) atoms. The van der Waals surface area contributed by atoms with E-state index in [0.29, 0.717) is 0 Å². The highest BCUT2D eigenvalue weighted by Crippen LogP contribution is 2.32. The molecule has 0 aliphatic carbocycles. The van der Waals surface area contributed by atoms with Crippen LogP contribution < -0.4 is 4.90 Å². The monoisotopic (exact) mass is 352 g/mol. The molecule has 1 saturated heterocycles. The van der Waals surface area contributed by atoms with Gasteiger partial charge in [0, 0.05) is 44.7 Å². The summed E-state index contributed by atoms with van der Waals surface area (Å²) in [6.07, 6.45) is 0. The number of fused-ring (bicyclic) bond motifs is 3. The largest absolute Gasteiger partial charge is 0.352 e. The average molecular weight is 352 g/mol. The van der Waals surface area contributed by atoms with E-state index in [1.54, 1.807) is 0 Å². The number of piperazine rings is 1. The van der Waals surface area contributed by atoms with E-state index in [0.717, 1.165) is 61.9 Å². The number of rotatable bonds is 4. The number of anilines is 1. The van der Waals surface area contributed by atoms with Gasteiger partial charge >= 0.3 is 0 Å². The average Bonchev–Trinajstić information content (AvgIpc) is 2.96. The van der Waals surface area contributed by atoms with Crippen molar-refractivity contribution in [3.63, 3.8) is 0 Å². The molecule has 0 radical (unpaired) electrons. The Kier molecular flexibility index (Phi) is 4.54. The van der Waals surface area contributed by atoms with Gasteiger partial charge in [0.25, 0.3) is 0 Å². The number of aromatic nitrogens is 3. The molecule has 1 fully saturated rings. The molecule has 2 aromatic heterocycles. The van der Waals surface area contributed by atoms with Gasteiger partial charge in [0.05, 0.1) is 11.0 Å². The summed E-state index contributed by atoms with van der Waals surface area (Å²) in [7, 11) is 6.41. The Bertz CT molecular complexity index is 921. The first-order valence-corrected chi connectivity index (χ1v) is 9.38. The number of pyridine rings is 1. The van der Waals surface area contributed by atoms with E-state index in [-0.39, 0.29) is 0 Å². The van der Waals surface area contributed by atoms with Gasteiger partial charge < -0.3 is 19.3 Å². The smallest absolute Gasteiger partial charge is 0.157 e. The lowest BCUT2D eigenvalue weighted by Gasteiger charge is -2.33. The lowest BCUT2D eigenvalue weighted by atomic mass is 10.1. The van der Waals surface area contributed by atoms with Crippen molar-refractivity contribution in [1.29, 1.82) is 0 Å². The van der Waals surface area contributed by atoms with Crippen molar-refractivity contribution in [1.82, 2.24) is 24.3 Å². The van der Waals surface area contributed by atoms with E-state index >= 15 is 0 Å². The van der Waals surface area contributed by atoms with E-state index in [9.17, 15) is 0 Å². The van der Waals surface area contributed by atoms with Gasteiger partial charge in [0.1, 0.15) is 11.3 Å². The number of likely N-dealkylation sites (N-methyl/N-ethyl adjacent to an activating group) is 2. The van der Waals surface area contributed by atoms with E-state index in [1.165, 1.54) is 10.9 Å². The summed E-state index contributed by atoms with van der Waals surface area (Å²) in [5, 5.41) is 1.19. The maximum absolute atomic E-state index is 5.02. The van der Waals surface area contributed by atoms with Crippen molar-refractivity contribution in [2.45, 2.75) is 13.5 Å². The van der Waals surface area contributed by atoms with Gasteiger partial charge in [0.15, 0.2) is 5.82 Å². The van der Waals surface area contributed by atoms with E-state index in [1.807, 2.05) is 0 Å². The Labute approximate surface area is 155 Å². The van der Waals surface area contributed by atoms with Crippen LogP contribution in [0.2, 0.25) is 0 Å². The molecule has 3 aromatic rings. The molecule has 0 unspecified atom stereocenters. The van der Waals surface area contributed by atoms with Gasteiger partial charge in [-0.2, -0.15) is 0 Å². The van der Waals surface area contributed by atoms with Crippen LogP contribution in [0.15, 0.2) is 24.3 Å². The molecular formula is C20H28N6. The highest BCUT2D eigenvalue weighted by molar-refractivity contribution is 6.07. The van der Waals surface area contributed by atoms with Crippen molar-refractivity contribution in [2.75, 3.05) is 58.8 Å². The number of benzene rings is 1. The van der Waals surface area contributed by atoms with E-state index < -0.39 is 0 Å². The highest BCUT2D eigenvalue weighted by atomic mass is 15.3. The second-order valence-corrected chi connectivity index (χ2v) is 7.55. The van der Waals surface area contributed by atoms with Crippen LogP contribution in [0, 0.1) is 6.92 Å². The first-order chi connectivity index (χ1) is 12.5. The Morgan fingerprint density at radius 3 is 2.50 bits per heavy atom. The summed E-state index contributed by atoms with van der Waals surface area (Å²) in [6, 6.07) is 8.46. The normalized spacial score (nSPS) is 16.3. The van der Waals surface area contributed by atoms with Gasteiger partial charge in [-0.15, -0.1) is 0 Å². The molecule has 3 heterocycles. The van der Waals surface area contributed by atoms with E-state index in [4.69, 9.17) is 9.97 Å². The first-order valence-electron chi connectivity index (χ1n) is 9.38. The molecule has 4 rings (SSSR count). The van der Waals surface area contributed by atoms with E-state index in [2.05, 4.69) is 71.6 Å². The van der Waals surface area contributed by atoms with Crippen molar-refractivity contribution < 1.29 is 0 Å². The third kappa shape index (κ3) is 3.04. The van der Waals surface area contributed by atoms with Gasteiger partial charge in [-0.3, -0.25) is 0 Å². The molecule has 0 bridgehead atoms. The molecule has 6 heteroatoms. The minimum absolute atomic E-state index is 0.936. The summed E-state index contributed by atoms with van der Waals surface area (Å²) >= 11 is 0. The SMILES string of the molecule is Cc1nc2c(N3CCN(C)CC3)nc3ccccc3c2n1CCN(C)C. The summed E-state index contributed by atoms with van der Waals surface area (Å²) in [4.78, 5) is 17.0. The predicted octanol–water partition coefficient (Wildman–Crippen LogP) is 2.21.